The number of rotatable bonds is 4. The number of halogens is 1. The Bertz CT molecular complexity index is 765. The van der Waals surface area contributed by atoms with E-state index in [2.05, 4.69) is 20.9 Å². The first-order valence-electron chi connectivity index (χ1n) is 6.88. The minimum absolute atomic E-state index is 0.128. The molecule has 0 bridgehead atoms. The Hall–Kier alpha value is -1.69. The fourth-order valence-electron chi connectivity index (χ4n) is 2.43. The van der Waals surface area contributed by atoms with Gasteiger partial charge in [-0.3, -0.25) is 14.2 Å². The minimum Gasteiger partial charge on any atom is -0.466 e. The number of esters is 1. The second-order valence-electron chi connectivity index (χ2n) is 5.34. The van der Waals surface area contributed by atoms with Gasteiger partial charge < -0.3 is 4.74 Å². The van der Waals surface area contributed by atoms with E-state index < -0.39 is 5.41 Å². The van der Waals surface area contributed by atoms with Crippen molar-refractivity contribution < 1.29 is 9.53 Å². The van der Waals surface area contributed by atoms with Crippen LogP contribution in [0.25, 0.3) is 10.9 Å². The number of fused-ring (bicyclic) bond motifs is 1. The molecule has 5 nitrogen and oxygen atoms in total. The summed E-state index contributed by atoms with van der Waals surface area (Å²) in [5, 5.41) is 0.548. The smallest absolute Gasteiger partial charge is 0.313 e. The lowest BCUT2D eigenvalue weighted by Crippen LogP contribution is -2.30. The highest BCUT2D eigenvalue weighted by molar-refractivity contribution is 9.10. The molecular formula is C15H15BrN2O3. The van der Waals surface area contributed by atoms with Gasteiger partial charge in [0.1, 0.15) is 0 Å². The number of carbonyl (C=O) groups excluding carboxylic acids is 1. The van der Waals surface area contributed by atoms with Crippen molar-refractivity contribution >= 4 is 32.8 Å². The number of benzene rings is 1. The average Bonchev–Trinajstić information content (AvgIpc) is 3.24. The second kappa shape index (κ2) is 5.26. The van der Waals surface area contributed by atoms with E-state index >= 15 is 0 Å². The molecule has 110 valence electrons. The van der Waals surface area contributed by atoms with Crippen LogP contribution in [0.15, 0.2) is 33.8 Å². The first kappa shape index (κ1) is 14.3. The molecule has 1 aromatic heterocycles. The van der Waals surface area contributed by atoms with Crippen molar-refractivity contribution in [1.82, 2.24) is 9.55 Å². The monoisotopic (exact) mass is 350 g/mol. The van der Waals surface area contributed by atoms with Crippen molar-refractivity contribution in [3.8, 4) is 0 Å². The fourth-order valence-corrected chi connectivity index (χ4v) is 2.79. The number of nitrogens with zero attached hydrogens (tertiary/aromatic N) is 2. The van der Waals surface area contributed by atoms with E-state index in [1.165, 1.54) is 10.9 Å². The molecule has 0 radical (unpaired) electrons. The maximum atomic E-state index is 12.5. The van der Waals surface area contributed by atoms with E-state index in [0.29, 0.717) is 24.1 Å². The fraction of sp³-hybridized carbons (Fsp3) is 0.400. The van der Waals surface area contributed by atoms with Crippen LogP contribution < -0.4 is 5.56 Å². The van der Waals surface area contributed by atoms with Crippen LogP contribution in [0.3, 0.4) is 0 Å². The molecule has 0 unspecified atom stereocenters. The molecule has 1 aliphatic rings. The van der Waals surface area contributed by atoms with Gasteiger partial charge in [0.05, 0.1) is 29.3 Å². The molecule has 1 fully saturated rings. The Labute approximate surface area is 130 Å². The van der Waals surface area contributed by atoms with Crippen LogP contribution in [0.4, 0.5) is 0 Å². The van der Waals surface area contributed by atoms with E-state index in [1.54, 1.807) is 19.1 Å². The molecule has 1 saturated carbocycles. The zero-order chi connectivity index (χ0) is 15.0. The van der Waals surface area contributed by atoms with Crippen LogP contribution in [0.2, 0.25) is 0 Å². The van der Waals surface area contributed by atoms with Crippen molar-refractivity contribution in [2.24, 2.45) is 5.41 Å². The quantitative estimate of drug-likeness (QED) is 0.794. The molecule has 0 N–H and O–H groups in total. The third-order valence-corrected chi connectivity index (χ3v) is 4.31. The summed E-state index contributed by atoms with van der Waals surface area (Å²) in [6.07, 6.45) is 3.03. The molecule has 0 spiro atoms. The van der Waals surface area contributed by atoms with Crippen molar-refractivity contribution in [3.05, 3.63) is 39.4 Å². The molecule has 21 heavy (non-hydrogen) atoms. The predicted molar refractivity (Wildman–Crippen MR) is 82.0 cm³/mol. The van der Waals surface area contributed by atoms with E-state index in [1.807, 2.05) is 6.07 Å². The van der Waals surface area contributed by atoms with Gasteiger partial charge >= 0.3 is 5.97 Å². The predicted octanol–water partition coefficient (Wildman–Crippen LogP) is 2.50. The number of hydrogen-bond donors (Lipinski definition) is 0. The first-order valence-corrected chi connectivity index (χ1v) is 7.67. The maximum Gasteiger partial charge on any atom is 0.313 e. The lowest BCUT2D eigenvalue weighted by Gasteiger charge is -2.15. The highest BCUT2D eigenvalue weighted by atomic mass is 79.9. The Balaban J connectivity index is 1.97. The number of hydrogen-bond acceptors (Lipinski definition) is 4. The van der Waals surface area contributed by atoms with Gasteiger partial charge in [-0.2, -0.15) is 0 Å². The lowest BCUT2D eigenvalue weighted by molar-refractivity contribution is -0.150. The lowest BCUT2D eigenvalue weighted by atomic mass is 10.1. The second-order valence-corrected chi connectivity index (χ2v) is 6.26. The van der Waals surface area contributed by atoms with Crippen LogP contribution in [0, 0.1) is 5.41 Å². The van der Waals surface area contributed by atoms with Gasteiger partial charge in [-0.05, 0) is 38.0 Å². The van der Waals surface area contributed by atoms with Crippen molar-refractivity contribution in [2.45, 2.75) is 26.3 Å². The Morgan fingerprint density at radius 3 is 2.90 bits per heavy atom. The molecule has 2 aromatic rings. The van der Waals surface area contributed by atoms with E-state index in [0.717, 1.165) is 17.3 Å². The van der Waals surface area contributed by atoms with Crippen LogP contribution in [0.5, 0.6) is 0 Å². The molecule has 0 saturated heterocycles. The normalized spacial score (nSPS) is 15.9. The summed E-state index contributed by atoms with van der Waals surface area (Å²) >= 11 is 3.36. The molecule has 3 rings (SSSR count). The van der Waals surface area contributed by atoms with Crippen LogP contribution in [-0.2, 0) is 16.1 Å². The molecule has 0 aliphatic heterocycles. The third kappa shape index (κ3) is 2.60. The summed E-state index contributed by atoms with van der Waals surface area (Å²) in [6, 6.07) is 5.40. The number of ether oxygens (including phenoxy) is 1. The molecule has 0 amide bonds. The van der Waals surface area contributed by atoms with E-state index in [9.17, 15) is 9.59 Å². The van der Waals surface area contributed by atoms with E-state index in [4.69, 9.17) is 4.74 Å². The molecule has 1 aromatic carbocycles. The average molecular weight is 351 g/mol. The van der Waals surface area contributed by atoms with Crippen molar-refractivity contribution in [3.63, 3.8) is 0 Å². The molecule has 1 heterocycles. The summed E-state index contributed by atoms with van der Waals surface area (Å²) in [5.41, 5.74) is -0.0152. The van der Waals surface area contributed by atoms with Gasteiger partial charge in [-0.1, -0.05) is 15.9 Å². The maximum absolute atomic E-state index is 12.5. The van der Waals surface area contributed by atoms with Crippen molar-refractivity contribution in [1.29, 1.82) is 0 Å². The van der Waals surface area contributed by atoms with Gasteiger partial charge in [0.2, 0.25) is 0 Å². The van der Waals surface area contributed by atoms with Crippen LogP contribution in [0.1, 0.15) is 19.8 Å². The highest BCUT2D eigenvalue weighted by Gasteiger charge is 2.51. The van der Waals surface area contributed by atoms with Gasteiger partial charge in [-0.15, -0.1) is 0 Å². The summed E-state index contributed by atoms with van der Waals surface area (Å²) in [7, 11) is 0. The zero-order valence-corrected chi connectivity index (χ0v) is 13.2. The topological polar surface area (TPSA) is 61.2 Å². The van der Waals surface area contributed by atoms with Crippen LogP contribution in [-0.4, -0.2) is 22.1 Å². The first-order chi connectivity index (χ1) is 10.1. The van der Waals surface area contributed by atoms with E-state index in [-0.39, 0.29) is 11.5 Å². The zero-order valence-electron chi connectivity index (χ0n) is 11.6. The van der Waals surface area contributed by atoms with Gasteiger partial charge in [-0.25, -0.2) is 4.98 Å². The Morgan fingerprint density at radius 1 is 1.48 bits per heavy atom. The summed E-state index contributed by atoms with van der Waals surface area (Å²) in [5.74, 6) is -0.216. The molecule has 6 heteroatoms. The van der Waals surface area contributed by atoms with Crippen LogP contribution >= 0.6 is 15.9 Å². The highest BCUT2D eigenvalue weighted by Crippen LogP contribution is 2.48. The third-order valence-electron chi connectivity index (χ3n) is 3.82. The largest absolute Gasteiger partial charge is 0.466 e. The summed E-state index contributed by atoms with van der Waals surface area (Å²) in [4.78, 5) is 28.8. The van der Waals surface area contributed by atoms with Gasteiger partial charge in [0, 0.05) is 11.0 Å². The summed E-state index contributed by atoms with van der Waals surface area (Å²) < 4.78 is 7.45. The number of carbonyl (C=O) groups is 1. The summed E-state index contributed by atoms with van der Waals surface area (Å²) in [6.45, 7) is 2.48. The minimum atomic E-state index is -0.540. The molecule has 1 aliphatic carbocycles. The van der Waals surface area contributed by atoms with Gasteiger partial charge in [0.15, 0.2) is 0 Å². The van der Waals surface area contributed by atoms with Crippen molar-refractivity contribution in [2.75, 3.05) is 6.61 Å². The SMILES string of the molecule is CCOC(=O)C1(Cn2cnc3ccc(Br)cc3c2=O)CC1. The molecule has 0 atom stereocenters. The number of aromatic nitrogens is 2. The Kier molecular flexibility index (Phi) is 3.57. The van der Waals surface area contributed by atoms with Gasteiger partial charge in [0.25, 0.3) is 5.56 Å². The standard InChI is InChI=1S/C15H15BrN2O3/c1-2-21-14(20)15(5-6-15)8-18-9-17-12-4-3-10(16)7-11(12)13(18)19/h3-4,7,9H,2,5-6,8H2,1H3. The molecular weight excluding hydrogens is 336 g/mol. The Morgan fingerprint density at radius 2 is 2.24 bits per heavy atom.